The summed E-state index contributed by atoms with van der Waals surface area (Å²) in [7, 11) is 0. The van der Waals surface area contributed by atoms with Crippen LogP contribution in [0.3, 0.4) is 0 Å². The van der Waals surface area contributed by atoms with Gasteiger partial charge in [-0.1, -0.05) is 62.4 Å². The van der Waals surface area contributed by atoms with E-state index >= 15 is 0 Å². The lowest BCUT2D eigenvalue weighted by molar-refractivity contribution is -0.139. The molecular formula is C25H28F2N2O5. The van der Waals surface area contributed by atoms with Crippen molar-refractivity contribution in [2.24, 2.45) is 5.92 Å². The van der Waals surface area contributed by atoms with Gasteiger partial charge in [-0.15, -0.1) is 0 Å². The van der Waals surface area contributed by atoms with E-state index in [1.54, 1.807) is 0 Å². The highest BCUT2D eigenvalue weighted by Gasteiger charge is 2.32. The van der Waals surface area contributed by atoms with Gasteiger partial charge in [0.15, 0.2) is 0 Å². The molecule has 0 saturated heterocycles. The van der Waals surface area contributed by atoms with Crippen LogP contribution in [0.1, 0.15) is 43.7 Å². The molecular weight excluding hydrogens is 446 g/mol. The Morgan fingerprint density at radius 2 is 1.53 bits per heavy atom. The maximum atomic E-state index is 13.2. The fourth-order valence-electron chi connectivity index (χ4n) is 4.16. The van der Waals surface area contributed by atoms with Crippen molar-refractivity contribution < 1.29 is 33.0 Å². The van der Waals surface area contributed by atoms with Crippen molar-refractivity contribution in [3.63, 3.8) is 0 Å². The summed E-state index contributed by atoms with van der Waals surface area (Å²) in [6.45, 7) is 3.65. The molecule has 34 heavy (non-hydrogen) atoms. The van der Waals surface area contributed by atoms with E-state index in [9.17, 15) is 23.2 Å². The second-order valence-electron chi connectivity index (χ2n) is 8.70. The predicted molar refractivity (Wildman–Crippen MR) is 122 cm³/mol. The van der Waals surface area contributed by atoms with Crippen molar-refractivity contribution in [2.75, 3.05) is 6.61 Å². The average Bonchev–Trinajstić information content (AvgIpc) is 3.10. The highest BCUT2D eigenvalue weighted by Crippen LogP contribution is 2.44. The normalized spacial score (nSPS) is 14.3. The Hall–Kier alpha value is -3.49. The zero-order valence-corrected chi connectivity index (χ0v) is 19.0. The number of nitrogens with one attached hydrogen (secondary N) is 2. The van der Waals surface area contributed by atoms with Crippen molar-refractivity contribution in [2.45, 2.75) is 51.1 Å². The van der Waals surface area contributed by atoms with Crippen LogP contribution < -0.4 is 10.6 Å². The first-order chi connectivity index (χ1) is 16.2. The number of fused-ring (bicyclic) bond motifs is 3. The van der Waals surface area contributed by atoms with E-state index in [0.29, 0.717) is 0 Å². The van der Waals surface area contributed by atoms with Crippen LogP contribution in [0.2, 0.25) is 0 Å². The van der Waals surface area contributed by atoms with E-state index in [2.05, 4.69) is 5.32 Å². The number of ether oxygens (including phenoxy) is 1. The number of hydrogen-bond acceptors (Lipinski definition) is 4. The molecule has 0 spiro atoms. The molecule has 0 aromatic heterocycles. The van der Waals surface area contributed by atoms with Gasteiger partial charge >= 0.3 is 12.1 Å². The summed E-state index contributed by atoms with van der Waals surface area (Å²) < 4.78 is 31.8. The van der Waals surface area contributed by atoms with E-state index in [1.807, 2.05) is 67.7 Å². The number of carbonyl (C=O) groups is 3. The van der Waals surface area contributed by atoms with Crippen molar-refractivity contribution in [3.05, 3.63) is 59.7 Å². The molecule has 9 heteroatoms. The monoisotopic (exact) mass is 474 g/mol. The van der Waals surface area contributed by atoms with Gasteiger partial charge in [0.1, 0.15) is 18.7 Å². The van der Waals surface area contributed by atoms with Gasteiger partial charge in [0.25, 0.3) is 6.43 Å². The van der Waals surface area contributed by atoms with Crippen LogP contribution in [-0.4, -0.2) is 48.2 Å². The first kappa shape index (κ1) is 25.1. The minimum absolute atomic E-state index is 0.0363. The van der Waals surface area contributed by atoms with Crippen molar-refractivity contribution in [1.29, 1.82) is 0 Å². The maximum absolute atomic E-state index is 13.2. The van der Waals surface area contributed by atoms with Crippen LogP contribution in [0.4, 0.5) is 13.6 Å². The number of amides is 2. The molecule has 3 N–H and O–H groups in total. The van der Waals surface area contributed by atoms with E-state index in [1.165, 1.54) is 0 Å². The molecule has 1 aliphatic rings. The summed E-state index contributed by atoms with van der Waals surface area (Å²) in [6.07, 6.45) is -4.68. The van der Waals surface area contributed by atoms with Crippen LogP contribution in [0.5, 0.6) is 0 Å². The number of halogens is 2. The third-order valence-electron chi connectivity index (χ3n) is 5.69. The van der Waals surface area contributed by atoms with Crippen molar-refractivity contribution in [3.8, 4) is 11.1 Å². The first-order valence-corrected chi connectivity index (χ1v) is 11.1. The molecule has 1 unspecified atom stereocenters. The first-order valence-electron chi connectivity index (χ1n) is 11.1. The largest absolute Gasteiger partial charge is 0.481 e. The van der Waals surface area contributed by atoms with Crippen molar-refractivity contribution in [1.82, 2.24) is 10.6 Å². The number of carboxylic acid groups (broad SMARTS) is 1. The Kier molecular flexibility index (Phi) is 8.20. The quantitative estimate of drug-likeness (QED) is 0.480. The second kappa shape index (κ2) is 11.1. The summed E-state index contributed by atoms with van der Waals surface area (Å²) in [5.41, 5.74) is 4.20. The Morgan fingerprint density at radius 3 is 2.03 bits per heavy atom. The van der Waals surface area contributed by atoms with E-state index in [0.717, 1.165) is 22.3 Å². The Bertz CT molecular complexity index is 998. The molecule has 2 amide bonds. The molecule has 0 heterocycles. The summed E-state index contributed by atoms with van der Waals surface area (Å²) >= 11 is 0. The molecule has 0 saturated carbocycles. The molecule has 3 rings (SSSR count). The number of hydrogen-bond donors (Lipinski definition) is 3. The maximum Gasteiger partial charge on any atom is 0.407 e. The Balaban J connectivity index is 1.66. The molecule has 2 aromatic carbocycles. The number of alkyl carbamates (subject to hydrolysis) is 1. The molecule has 2 atom stereocenters. The lowest BCUT2D eigenvalue weighted by Crippen LogP contribution is -2.52. The molecule has 1 aliphatic carbocycles. The lowest BCUT2D eigenvalue weighted by Gasteiger charge is -2.23. The molecule has 182 valence electrons. The van der Waals surface area contributed by atoms with Crippen LogP contribution in [0.15, 0.2) is 48.5 Å². The Morgan fingerprint density at radius 1 is 0.971 bits per heavy atom. The fraction of sp³-hybridized carbons (Fsp3) is 0.400. The third kappa shape index (κ3) is 6.09. The summed E-state index contributed by atoms with van der Waals surface area (Å²) in [6, 6.07) is 12.7. The molecule has 0 radical (unpaired) electrons. The number of carbonyl (C=O) groups excluding carboxylic acids is 2. The van der Waals surface area contributed by atoms with E-state index in [4.69, 9.17) is 9.84 Å². The van der Waals surface area contributed by atoms with Gasteiger partial charge in [-0.25, -0.2) is 13.6 Å². The zero-order chi connectivity index (χ0) is 24.8. The molecule has 7 nitrogen and oxygen atoms in total. The smallest absolute Gasteiger partial charge is 0.407 e. The summed E-state index contributed by atoms with van der Waals surface area (Å²) in [5.74, 6) is -2.56. The summed E-state index contributed by atoms with van der Waals surface area (Å²) in [5, 5.41) is 13.3. The minimum Gasteiger partial charge on any atom is -0.481 e. The van der Waals surface area contributed by atoms with Gasteiger partial charge < -0.3 is 20.5 Å². The SMILES string of the molecule is CC(C)C[C@@H](NC(=O)OCC1c2ccccc2-c2ccccc21)C(=O)NC(CC(=O)O)C(F)F. The minimum atomic E-state index is -3.06. The number of rotatable bonds is 10. The zero-order valence-electron chi connectivity index (χ0n) is 19.0. The van der Waals surface area contributed by atoms with Crippen LogP contribution in [0, 0.1) is 5.92 Å². The topological polar surface area (TPSA) is 105 Å². The molecule has 0 fully saturated rings. The highest BCUT2D eigenvalue weighted by atomic mass is 19.3. The number of carboxylic acids is 1. The molecule has 0 bridgehead atoms. The van der Waals surface area contributed by atoms with Crippen LogP contribution in [-0.2, 0) is 14.3 Å². The number of benzene rings is 2. The van der Waals surface area contributed by atoms with Gasteiger partial charge in [0.05, 0.1) is 6.42 Å². The van der Waals surface area contributed by atoms with Crippen LogP contribution in [0.25, 0.3) is 11.1 Å². The Labute approximate surface area is 196 Å². The van der Waals surface area contributed by atoms with Gasteiger partial charge in [0.2, 0.25) is 5.91 Å². The highest BCUT2D eigenvalue weighted by molar-refractivity contribution is 5.86. The van der Waals surface area contributed by atoms with Gasteiger partial charge in [-0.3, -0.25) is 9.59 Å². The fourth-order valence-corrected chi connectivity index (χ4v) is 4.16. The van der Waals surface area contributed by atoms with Crippen molar-refractivity contribution >= 4 is 18.0 Å². The molecule has 0 aliphatic heterocycles. The third-order valence-corrected chi connectivity index (χ3v) is 5.69. The average molecular weight is 475 g/mol. The van der Waals surface area contributed by atoms with Gasteiger partial charge in [-0.05, 0) is 34.6 Å². The predicted octanol–water partition coefficient (Wildman–Crippen LogP) is 4.16. The molecule has 2 aromatic rings. The van der Waals surface area contributed by atoms with E-state index < -0.39 is 42.9 Å². The standard InChI is InChI=1S/C25H28F2N2O5/c1-14(2)11-21(24(32)28-20(23(26)27)12-22(30)31)29-25(33)34-13-19-17-9-5-3-7-15(17)16-8-4-6-10-18(16)19/h3-10,14,19-21,23H,11-13H2,1-2H3,(H,28,32)(H,29,33)(H,30,31)/t20?,21-/m1/s1. The lowest BCUT2D eigenvalue weighted by atomic mass is 9.98. The summed E-state index contributed by atoms with van der Waals surface area (Å²) in [4.78, 5) is 36.0. The number of aliphatic carboxylic acids is 1. The number of alkyl halides is 2. The van der Waals surface area contributed by atoms with Crippen LogP contribution >= 0.6 is 0 Å². The van der Waals surface area contributed by atoms with E-state index in [-0.39, 0.29) is 24.9 Å². The van der Waals surface area contributed by atoms with Gasteiger partial charge in [-0.2, -0.15) is 0 Å². The van der Waals surface area contributed by atoms with Gasteiger partial charge in [0, 0.05) is 5.92 Å². The second-order valence-corrected chi connectivity index (χ2v) is 8.70.